The van der Waals surface area contributed by atoms with Crippen LogP contribution in [0.3, 0.4) is 0 Å². The zero-order valence-corrected chi connectivity index (χ0v) is 13.0. The van der Waals surface area contributed by atoms with Crippen molar-refractivity contribution in [3.8, 4) is 0 Å². The normalized spacial score (nSPS) is 11.9. The molecule has 2 rings (SSSR count). The van der Waals surface area contributed by atoms with E-state index in [1.165, 1.54) is 0 Å². The molecule has 2 N–H and O–H groups in total. The maximum Gasteiger partial charge on any atom is 0.330 e. The highest BCUT2D eigenvalue weighted by atomic mass is 79.9. The molecule has 0 radical (unpaired) electrons. The van der Waals surface area contributed by atoms with Crippen LogP contribution in [0.4, 0.5) is 0 Å². The Balaban J connectivity index is 2.25. The third-order valence-electron chi connectivity index (χ3n) is 3.09. The highest BCUT2D eigenvalue weighted by Crippen LogP contribution is 2.17. The molecule has 0 saturated heterocycles. The van der Waals surface area contributed by atoms with Crippen molar-refractivity contribution in [3.05, 3.63) is 58.3 Å². The number of amides is 1. The summed E-state index contributed by atoms with van der Waals surface area (Å²) in [6.07, 6.45) is 1.78. The van der Waals surface area contributed by atoms with E-state index in [1.54, 1.807) is 47.2 Å². The molecule has 2 aromatic rings. The molecule has 0 saturated carbocycles. The number of carboxylic acids is 1. The van der Waals surface area contributed by atoms with Crippen LogP contribution in [0.5, 0.6) is 0 Å². The summed E-state index contributed by atoms with van der Waals surface area (Å²) in [5.74, 6) is -1.51. The third-order valence-corrected chi connectivity index (χ3v) is 3.53. The molecule has 1 atom stereocenters. The Morgan fingerprint density at radius 2 is 2.00 bits per heavy atom. The van der Waals surface area contributed by atoms with Gasteiger partial charge in [0, 0.05) is 17.2 Å². The second kappa shape index (κ2) is 6.58. The molecular formula is C15H15BrN2O3. The minimum atomic E-state index is -1.09. The van der Waals surface area contributed by atoms with Gasteiger partial charge in [-0.25, -0.2) is 4.79 Å². The highest BCUT2D eigenvalue weighted by molar-refractivity contribution is 9.10. The number of carbonyl (C=O) groups is 2. The van der Waals surface area contributed by atoms with Crippen LogP contribution in [-0.2, 0) is 11.3 Å². The van der Waals surface area contributed by atoms with Crippen molar-refractivity contribution in [2.75, 3.05) is 0 Å². The molecule has 21 heavy (non-hydrogen) atoms. The molecule has 0 aliphatic carbocycles. The van der Waals surface area contributed by atoms with Gasteiger partial charge < -0.3 is 15.0 Å². The van der Waals surface area contributed by atoms with Gasteiger partial charge in [0.05, 0.1) is 0 Å². The lowest BCUT2D eigenvalue weighted by Gasteiger charge is -2.15. The van der Waals surface area contributed by atoms with Crippen LogP contribution < -0.4 is 5.32 Å². The largest absolute Gasteiger partial charge is 0.479 e. The SMILES string of the molecule is CCn1cc(Br)cc1C(=O)NC(C(=O)O)c1ccccc1. The first-order valence-corrected chi connectivity index (χ1v) is 7.26. The molecule has 1 aromatic carbocycles. The minimum absolute atomic E-state index is 0.418. The lowest BCUT2D eigenvalue weighted by molar-refractivity contribution is -0.139. The van der Waals surface area contributed by atoms with Crippen molar-refractivity contribution >= 4 is 27.8 Å². The Bertz CT molecular complexity index is 652. The average molecular weight is 351 g/mol. The van der Waals surface area contributed by atoms with Crippen molar-refractivity contribution in [3.63, 3.8) is 0 Å². The summed E-state index contributed by atoms with van der Waals surface area (Å²) in [6.45, 7) is 2.53. The summed E-state index contributed by atoms with van der Waals surface area (Å²) in [5.41, 5.74) is 0.957. The van der Waals surface area contributed by atoms with Gasteiger partial charge in [0.1, 0.15) is 5.69 Å². The van der Waals surface area contributed by atoms with Crippen LogP contribution in [0, 0.1) is 0 Å². The van der Waals surface area contributed by atoms with Crippen molar-refractivity contribution < 1.29 is 14.7 Å². The van der Waals surface area contributed by atoms with E-state index in [0.717, 1.165) is 4.47 Å². The molecule has 0 fully saturated rings. The van der Waals surface area contributed by atoms with E-state index >= 15 is 0 Å². The summed E-state index contributed by atoms with van der Waals surface area (Å²) in [5, 5.41) is 11.9. The van der Waals surface area contributed by atoms with Gasteiger partial charge in [-0.15, -0.1) is 0 Å². The Morgan fingerprint density at radius 3 is 2.57 bits per heavy atom. The second-order valence-electron chi connectivity index (χ2n) is 4.48. The molecule has 1 heterocycles. The minimum Gasteiger partial charge on any atom is -0.479 e. The highest BCUT2D eigenvalue weighted by Gasteiger charge is 2.23. The van der Waals surface area contributed by atoms with Crippen molar-refractivity contribution in [1.29, 1.82) is 0 Å². The summed E-state index contributed by atoms with van der Waals surface area (Å²) in [4.78, 5) is 23.7. The number of aromatic nitrogens is 1. The molecule has 6 heteroatoms. The summed E-state index contributed by atoms with van der Waals surface area (Å²) in [7, 11) is 0. The van der Waals surface area contributed by atoms with Gasteiger partial charge >= 0.3 is 5.97 Å². The van der Waals surface area contributed by atoms with Crippen molar-refractivity contribution in [2.24, 2.45) is 0 Å². The number of aliphatic carboxylic acids is 1. The van der Waals surface area contributed by atoms with Crippen LogP contribution in [0.25, 0.3) is 0 Å². The van der Waals surface area contributed by atoms with Crippen LogP contribution in [0.15, 0.2) is 47.1 Å². The summed E-state index contributed by atoms with van der Waals surface area (Å²) < 4.78 is 2.53. The van der Waals surface area contributed by atoms with Gasteiger partial charge in [0.15, 0.2) is 6.04 Å². The van der Waals surface area contributed by atoms with Gasteiger partial charge in [0.25, 0.3) is 5.91 Å². The lowest BCUT2D eigenvalue weighted by Crippen LogP contribution is -2.34. The standard InChI is InChI=1S/C15H15BrN2O3/c1-2-18-9-11(16)8-12(18)14(19)17-13(15(20)21)10-6-4-3-5-7-10/h3-9,13H,2H2,1H3,(H,17,19)(H,20,21). The van der Waals surface area contributed by atoms with Crippen LogP contribution in [0.2, 0.25) is 0 Å². The van der Waals surface area contributed by atoms with E-state index in [-0.39, 0.29) is 0 Å². The first-order chi connectivity index (χ1) is 10.0. The first-order valence-electron chi connectivity index (χ1n) is 6.47. The smallest absolute Gasteiger partial charge is 0.330 e. The number of halogens is 1. The van der Waals surface area contributed by atoms with Gasteiger partial charge in [-0.2, -0.15) is 0 Å². The predicted octanol–water partition coefficient (Wildman–Crippen LogP) is 2.83. The number of carbonyl (C=O) groups excluding carboxylic acids is 1. The van der Waals surface area contributed by atoms with Gasteiger partial charge in [-0.3, -0.25) is 4.79 Å². The second-order valence-corrected chi connectivity index (χ2v) is 5.40. The van der Waals surface area contributed by atoms with Crippen molar-refractivity contribution in [2.45, 2.75) is 19.5 Å². The number of nitrogens with one attached hydrogen (secondary N) is 1. The van der Waals surface area contributed by atoms with E-state index < -0.39 is 17.9 Å². The van der Waals surface area contributed by atoms with E-state index in [4.69, 9.17) is 0 Å². The maximum absolute atomic E-state index is 12.3. The molecule has 0 aliphatic rings. The van der Waals surface area contributed by atoms with E-state index in [1.807, 2.05) is 6.92 Å². The zero-order chi connectivity index (χ0) is 15.4. The number of carboxylic acid groups (broad SMARTS) is 1. The Labute approximate surface area is 130 Å². The lowest BCUT2D eigenvalue weighted by atomic mass is 10.1. The number of hydrogen-bond acceptors (Lipinski definition) is 2. The summed E-state index contributed by atoms with van der Waals surface area (Å²) in [6, 6.07) is 9.22. The summed E-state index contributed by atoms with van der Waals surface area (Å²) >= 11 is 3.32. The molecule has 0 aliphatic heterocycles. The Kier molecular flexibility index (Phi) is 4.80. The molecule has 1 aromatic heterocycles. The monoisotopic (exact) mass is 350 g/mol. The van der Waals surface area contributed by atoms with E-state index in [0.29, 0.717) is 17.8 Å². The van der Waals surface area contributed by atoms with Gasteiger partial charge in [0.2, 0.25) is 0 Å². The predicted molar refractivity (Wildman–Crippen MR) is 82.1 cm³/mol. The number of nitrogens with zero attached hydrogens (tertiary/aromatic N) is 1. The Hall–Kier alpha value is -2.08. The molecule has 1 unspecified atom stereocenters. The quantitative estimate of drug-likeness (QED) is 0.870. The van der Waals surface area contributed by atoms with Crippen LogP contribution in [-0.4, -0.2) is 21.6 Å². The van der Waals surface area contributed by atoms with E-state index in [9.17, 15) is 14.7 Å². The third kappa shape index (κ3) is 3.52. The fourth-order valence-electron chi connectivity index (χ4n) is 2.06. The average Bonchev–Trinajstić information content (AvgIpc) is 2.86. The number of benzene rings is 1. The van der Waals surface area contributed by atoms with Gasteiger partial charge in [-0.1, -0.05) is 30.3 Å². The number of aryl methyl sites for hydroxylation is 1. The molecule has 1 amide bonds. The fraction of sp³-hybridized carbons (Fsp3) is 0.200. The van der Waals surface area contributed by atoms with Crippen LogP contribution in [0.1, 0.15) is 29.0 Å². The van der Waals surface area contributed by atoms with E-state index in [2.05, 4.69) is 21.2 Å². The van der Waals surface area contributed by atoms with Crippen LogP contribution >= 0.6 is 15.9 Å². The molecular weight excluding hydrogens is 336 g/mol. The molecule has 0 bridgehead atoms. The first kappa shape index (κ1) is 15.3. The molecule has 5 nitrogen and oxygen atoms in total. The number of hydrogen-bond donors (Lipinski definition) is 2. The molecule has 0 spiro atoms. The maximum atomic E-state index is 12.3. The number of rotatable bonds is 5. The fourth-order valence-corrected chi connectivity index (χ4v) is 2.53. The Morgan fingerprint density at radius 1 is 1.33 bits per heavy atom. The topological polar surface area (TPSA) is 71.3 Å². The zero-order valence-electron chi connectivity index (χ0n) is 11.4. The van der Waals surface area contributed by atoms with Gasteiger partial charge in [-0.05, 0) is 34.5 Å². The van der Waals surface area contributed by atoms with Crippen molar-refractivity contribution in [1.82, 2.24) is 9.88 Å². The molecule has 110 valence electrons.